The van der Waals surface area contributed by atoms with Gasteiger partial charge in [0.25, 0.3) is 5.91 Å². The number of thiophene rings is 1. The van der Waals surface area contributed by atoms with Gasteiger partial charge in [0.15, 0.2) is 0 Å². The van der Waals surface area contributed by atoms with Gasteiger partial charge in [-0.3, -0.25) is 4.79 Å². The summed E-state index contributed by atoms with van der Waals surface area (Å²) >= 11 is 1.54. The average Bonchev–Trinajstić information content (AvgIpc) is 3.21. The Balaban J connectivity index is 1.70. The number of nitrogens with two attached hydrogens (primary N) is 1. The third-order valence-corrected chi connectivity index (χ3v) is 8.03. The maximum atomic E-state index is 14.1. The highest BCUT2D eigenvalue weighted by molar-refractivity contribution is 7.13. The van der Waals surface area contributed by atoms with E-state index in [0.29, 0.717) is 42.9 Å². The molecule has 1 aromatic carbocycles. The fourth-order valence-corrected chi connectivity index (χ4v) is 6.13. The molecule has 2 aromatic rings. The minimum Gasteiger partial charge on any atom is -0.444 e. The fourth-order valence-electron chi connectivity index (χ4n) is 5.02. The number of hydrogen-bond donors (Lipinski definition) is 2. The van der Waals surface area contributed by atoms with Gasteiger partial charge >= 0.3 is 12.3 Å². The summed E-state index contributed by atoms with van der Waals surface area (Å²) < 4.78 is 47.5. The normalized spacial score (nSPS) is 13.6. The molecule has 1 aliphatic rings. The van der Waals surface area contributed by atoms with E-state index in [1.807, 2.05) is 38.7 Å². The first-order valence-corrected chi connectivity index (χ1v) is 16.1. The van der Waals surface area contributed by atoms with Crippen LogP contribution in [-0.2, 0) is 35.2 Å². The molecule has 248 valence electrons. The number of hydrogen-bond acceptors (Lipinski definition) is 7. The molecule has 0 bridgehead atoms. The van der Waals surface area contributed by atoms with E-state index in [1.54, 1.807) is 26.2 Å². The molecule has 0 atom stereocenters. The topological polar surface area (TPSA) is 100 Å². The van der Waals surface area contributed by atoms with Crippen LogP contribution < -0.4 is 11.1 Å². The number of amides is 2. The summed E-state index contributed by atoms with van der Waals surface area (Å²) in [6.07, 6.45) is 0.959. The number of benzene rings is 1. The molecule has 1 aliphatic heterocycles. The van der Waals surface area contributed by atoms with Crippen LogP contribution >= 0.6 is 11.3 Å². The number of aliphatic imine (C=N–C) groups is 1. The van der Waals surface area contributed by atoms with Crippen molar-refractivity contribution in [3.63, 3.8) is 0 Å². The van der Waals surface area contributed by atoms with Gasteiger partial charge in [-0.25, -0.2) is 9.79 Å². The minimum absolute atomic E-state index is 0.0584. The van der Waals surface area contributed by atoms with Gasteiger partial charge in [0.05, 0.1) is 16.1 Å². The molecule has 2 heterocycles. The molecule has 1 aromatic heterocycles. The van der Waals surface area contributed by atoms with E-state index in [0.717, 1.165) is 35.4 Å². The summed E-state index contributed by atoms with van der Waals surface area (Å²) in [5, 5.41) is 2.77. The van der Waals surface area contributed by atoms with Crippen molar-refractivity contribution < 1.29 is 27.5 Å². The molecule has 0 aliphatic carbocycles. The predicted octanol–water partition coefficient (Wildman–Crippen LogP) is 7.28. The number of fused-ring (bicyclic) bond motifs is 1. The highest BCUT2D eigenvalue weighted by Crippen LogP contribution is 2.37. The molecule has 45 heavy (non-hydrogen) atoms. The predicted molar refractivity (Wildman–Crippen MR) is 175 cm³/mol. The Bertz CT molecular complexity index is 1390. The van der Waals surface area contributed by atoms with E-state index >= 15 is 0 Å². The number of nitrogens with one attached hydrogen (secondary N) is 1. The van der Waals surface area contributed by atoms with Gasteiger partial charge < -0.3 is 25.6 Å². The van der Waals surface area contributed by atoms with E-state index in [9.17, 15) is 22.8 Å². The van der Waals surface area contributed by atoms with Crippen molar-refractivity contribution in [3.05, 3.63) is 56.3 Å². The number of ether oxygens (including phenoxy) is 1. The van der Waals surface area contributed by atoms with E-state index in [1.165, 1.54) is 28.4 Å². The number of carbonyl (C=O) groups is 2. The number of rotatable bonds is 13. The van der Waals surface area contributed by atoms with E-state index in [2.05, 4.69) is 10.3 Å². The first-order valence-electron chi connectivity index (χ1n) is 15.3. The number of carbonyl (C=O) groups excluding carboxylic acids is 2. The molecule has 3 rings (SSSR count). The zero-order chi connectivity index (χ0) is 33.4. The van der Waals surface area contributed by atoms with Crippen molar-refractivity contribution in [2.24, 2.45) is 10.7 Å². The lowest BCUT2D eigenvalue weighted by Gasteiger charge is -2.26. The van der Waals surface area contributed by atoms with Crippen molar-refractivity contribution in [1.29, 1.82) is 0 Å². The molecule has 2 amide bonds. The van der Waals surface area contributed by atoms with E-state index in [4.69, 9.17) is 10.5 Å². The van der Waals surface area contributed by atoms with Gasteiger partial charge in [0.1, 0.15) is 11.4 Å². The number of alkyl carbamates (subject to hydrolysis) is 1. The lowest BCUT2D eigenvalue weighted by molar-refractivity contribution is -0.139. The highest BCUT2D eigenvalue weighted by atomic mass is 32.1. The second kappa shape index (κ2) is 15.8. The molecule has 12 heteroatoms. The van der Waals surface area contributed by atoms with Crippen LogP contribution in [0.4, 0.5) is 23.7 Å². The third-order valence-electron chi connectivity index (χ3n) is 6.90. The number of halogens is 3. The van der Waals surface area contributed by atoms with Crippen LogP contribution in [0, 0.1) is 0 Å². The van der Waals surface area contributed by atoms with Crippen molar-refractivity contribution in [1.82, 2.24) is 15.1 Å². The first-order chi connectivity index (χ1) is 21.1. The summed E-state index contributed by atoms with van der Waals surface area (Å²) in [6, 6.07) is 6.32. The number of alkyl halides is 3. The Morgan fingerprint density at radius 3 is 2.47 bits per heavy atom. The number of nitrogens with zero attached hydrogens (tertiary/aromatic N) is 3. The van der Waals surface area contributed by atoms with Gasteiger partial charge in [0.2, 0.25) is 0 Å². The molecule has 0 unspecified atom stereocenters. The third kappa shape index (κ3) is 11.5. The van der Waals surface area contributed by atoms with Crippen molar-refractivity contribution in [2.45, 2.75) is 91.1 Å². The molecule has 0 saturated carbocycles. The zero-order valence-electron chi connectivity index (χ0n) is 27.1. The summed E-state index contributed by atoms with van der Waals surface area (Å²) in [5.74, 6) is -0.0628. The SMILES string of the molecule is CCCN(Cc1ccc(CN(C)C)cc1C(F)(F)F)C(=O)C1=Cc2sc(CCCCCNC(=O)OC(C)(C)C)cc2N=C(N)C1. The van der Waals surface area contributed by atoms with Crippen LogP contribution in [0.15, 0.2) is 34.8 Å². The minimum atomic E-state index is -4.55. The lowest BCUT2D eigenvalue weighted by atomic mass is 10.0. The molecule has 0 saturated heterocycles. The molecule has 0 radical (unpaired) electrons. The summed E-state index contributed by atoms with van der Waals surface area (Å²) in [6.45, 7) is 8.40. The molecule has 0 spiro atoms. The Kier molecular flexibility index (Phi) is 12.6. The maximum Gasteiger partial charge on any atom is 0.416 e. The van der Waals surface area contributed by atoms with Gasteiger partial charge in [-0.15, -0.1) is 11.3 Å². The molecule has 3 N–H and O–H groups in total. The summed E-state index contributed by atoms with van der Waals surface area (Å²) in [4.78, 5) is 35.3. The van der Waals surface area contributed by atoms with Crippen LogP contribution in [0.25, 0.3) is 6.08 Å². The van der Waals surface area contributed by atoms with Crippen molar-refractivity contribution in [2.75, 3.05) is 27.2 Å². The molecular weight excluding hydrogens is 603 g/mol. The Morgan fingerprint density at radius 2 is 1.82 bits per heavy atom. The Labute approximate surface area is 268 Å². The Hall–Kier alpha value is -3.38. The van der Waals surface area contributed by atoms with Gasteiger partial charge in [0, 0.05) is 43.1 Å². The number of aryl methyl sites for hydroxylation is 1. The summed E-state index contributed by atoms with van der Waals surface area (Å²) in [7, 11) is 3.60. The standard InChI is InChI=1S/C33H46F3N5O3S/c1-7-15-41(21-23-13-12-22(20-40(5)6)16-26(23)33(34,35)36)30(42)24-17-28-27(39-29(37)18-24)19-25(45-28)11-9-8-10-14-38-31(43)44-32(2,3)4/h12-13,16-17,19H,7-11,14-15,18,20-21H2,1-6H3,(H2,37,39)(H,38,43). The zero-order valence-corrected chi connectivity index (χ0v) is 28.0. The number of unbranched alkanes of at least 4 members (excludes halogenated alkanes) is 2. The van der Waals surface area contributed by atoms with Gasteiger partial charge in [-0.1, -0.05) is 25.5 Å². The fraction of sp³-hybridized carbons (Fsp3) is 0.545. The van der Waals surface area contributed by atoms with Gasteiger partial charge in [-0.2, -0.15) is 13.2 Å². The summed E-state index contributed by atoms with van der Waals surface area (Å²) in [5.41, 5.74) is 6.67. The Morgan fingerprint density at radius 1 is 1.09 bits per heavy atom. The average molecular weight is 650 g/mol. The quantitative estimate of drug-likeness (QED) is 0.222. The van der Waals surface area contributed by atoms with Gasteiger partial charge in [-0.05, 0) is 89.9 Å². The first kappa shape index (κ1) is 36.1. The smallest absolute Gasteiger partial charge is 0.416 e. The van der Waals surface area contributed by atoms with E-state index < -0.39 is 23.4 Å². The van der Waals surface area contributed by atoms with Crippen molar-refractivity contribution in [3.8, 4) is 0 Å². The highest BCUT2D eigenvalue weighted by Gasteiger charge is 2.34. The number of amidine groups is 1. The largest absolute Gasteiger partial charge is 0.444 e. The maximum absolute atomic E-state index is 14.1. The molecule has 0 fully saturated rings. The van der Waals surface area contributed by atoms with E-state index in [-0.39, 0.29) is 30.3 Å². The molecular formula is C33H46F3N5O3S. The van der Waals surface area contributed by atoms with Crippen LogP contribution in [0.2, 0.25) is 0 Å². The molecule has 8 nitrogen and oxygen atoms in total. The van der Waals surface area contributed by atoms with Crippen molar-refractivity contribution >= 4 is 40.9 Å². The second-order valence-electron chi connectivity index (χ2n) is 12.6. The monoisotopic (exact) mass is 649 g/mol. The van der Waals surface area contributed by atoms with Crippen LogP contribution in [0.5, 0.6) is 0 Å². The second-order valence-corrected chi connectivity index (χ2v) is 13.8. The van der Waals surface area contributed by atoms with Crippen LogP contribution in [0.3, 0.4) is 0 Å². The lowest BCUT2D eigenvalue weighted by Crippen LogP contribution is -2.34. The van der Waals surface area contributed by atoms with Crippen LogP contribution in [0.1, 0.15) is 86.2 Å². The van der Waals surface area contributed by atoms with Crippen LogP contribution in [-0.4, -0.2) is 60.4 Å².